The summed E-state index contributed by atoms with van der Waals surface area (Å²) >= 11 is 1.32. The van der Waals surface area contributed by atoms with Gasteiger partial charge in [0.15, 0.2) is 0 Å². The first-order chi connectivity index (χ1) is 4.47. The highest BCUT2D eigenvalue weighted by Crippen LogP contribution is 2.22. The average Bonchev–Trinajstić information content (AvgIpc) is 2.33. The molecule has 0 spiro atoms. The van der Waals surface area contributed by atoms with Crippen molar-refractivity contribution in [3.05, 3.63) is 16.6 Å². The highest BCUT2D eigenvalue weighted by atomic mass is 32.1. The average molecular weight is 139 g/mol. The largest absolute Gasteiger partial charge is 0.312 e. The van der Waals surface area contributed by atoms with Crippen LogP contribution in [0.5, 0.6) is 0 Å². The summed E-state index contributed by atoms with van der Waals surface area (Å²) in [5, 5.41) is 6.52. The molecule has 2 rings (SSSR count). The molecule has 0 bridgehead atoms. The Balaban J connectivity index is 2.32. The van der Waals surface area contributed by atoms with Gasteiger partial charge in [0.25, 0.3) is 0 Å². The summed E-state index contributed by atoms with van der Waals surface area (Å²) < 4.78 is 0. The van der Waals surface area contributed by atoms with E-state index in [4.69, 9.17) is 0 Å². The van der Waals surface area contributed by atoms with Gasteiger partial charge in [-0.1, -0.05) is 5.02 Å². The maximum atomic E-state index is 3.32. The van der Waals surface area contributed by atoms with Crippen LogP contribution in [0.3, 0.4) is 0 Å². The molecule has 0 unspecified atom stereocenters. The minimum absolute atomic E-state index is 1.06. The Kier molecular flexibility index (Phi) is 1.31. The van der Waals surface area contributed by atoms with Crippen molar-refractivity contribution in [1.29, 1.82) is 0 Å². The van der Waals surface area contributed by atoms with Gasteiger partial charge in [-0.3, -0.25) is 0 Å². The van der Waals surface area contributed by atoms with E-state index >= 15 is 0 Å². The van der Waals surface area contributed by atoms with Crippen LogP contribution in [-0.2, 0) is 0 Å². The Labute approximate surface area is 58.4 Å². The highest BCUT2D eigenvalue weighted by molar-refractivity contribution is 8.01. The third-order valence-corrected chi connectivity index (χ3v) is 2.70. The molecule has 0 radical (unpaired) electrons. The second kappa shape index (κ2) is 2.14. The fourth-order valence-corrected chi connectivity index (χ4v) is 2.03. The smallest absolute Gasteiger partial charge is 0.0219 e. The number of thiol groups is 1. The number of hydrogen-bond donors (Lipinski definition) is 2. The number of nitrogens with one attached hydrogen (secondary N) is 1. The Morgan fingerprint density at radius 3 is 3.56 bits per heavy atom. The van der Waals surface area contributed by atoms with Crippen molar-refractivity contribution in [3.8, 4) is 0 Å². The van der Waals surface area contributed by atoms with Gasteiger partial charge < -0.3 is 5.32 Å². The van der Waals surface area contributed by atoms with E-state index in [9.17, 15) is 0 Å². The zero-order chi connectivity index (χ0) is 6.10. The van der Waals surface area contributed by atoms with Gasteiger partial charge in [0.2, 0.25) is 0 Å². The molecule has 0 atom stereocenters. The Hall–Kier alpha value is -0.300. The molecule has 2 aliphatic rings. The zero-order valence-corrected chi connectivity index (χ0v) is 6.04. The molecule has 2 aliphatic heterocycles. The highest BCUT2D eigenvalue weighted by Gasteiger charge is 2.09. The van der Waals surface area contributed by atoms with E-state index in [1.165, 1.54) is 23.3 Å². The van der Waals surface area contributed by atoms with Crippen LogP contribution >= 0.6 is 11.4 Å². The first kappa shape index (κ1) is 5.48. The van der Waals surface area contributed by atoms with Crippen molar-refractivity contribution in [3.63, 3.8) is 0 Å². The molecule has 0 aliphatic carbocycles. The molecule has 0 fully saturated rings. The van der Waals surface area contributed by atoms with Crippen LogP contribution in [0.4, 0.5) is 0 Å². The van der Waals surface area contributed by atoms with E-state index < -0.39 is 0 Å². The van der Waals surface area contributed by atoms with Gasteiger partial charge in [0.05, 0.1) is 0 Å². The summed E-state index contributed by atoms with van der Waals surface area (Å²) in [6.07, 6.45) is 3.34. The molecule has 0 aromatic heterocycles. The van der Waals surface area contributed by atoms with E-state index in [-0.39, 0.29) is 0 Å². The Bertz CT molecular complexity index is 201. The molecular weight excluding hydrogens is 130 g/mol. The van der Waals surface area contributed by atoms with Crippen LogP contribution in [0.25, 0.3) is 0 Å². The first-order valence-corrected chi connectivity index (χ1v) is 4.08. The monoisotopic (exact) mass is 139 g/mol. The lowest BCUT2D eigenvalue weighted by Crippen LogP contribution is -2.22. The molecular formula is C7H9NS. The molecule has 2 heterocycles. The quantitative estimate of drug-likeness (QED) is 0.371. The topological polar surface area (TPSA) is 12.0 Å². The standard InChI is InChI=1S/C7H9NS/c1-3-8-5-6-2-4-9-7(1)6/h2,8-9H,1,3,5H2. The van der Waals surface area contributed by atoms with Crippen molar-refractivity contribution in [2.45, 2.75) is 6.42 Å². The van der Waals surface area contributed by atoms with Gasteiger partial charge in [-0.25, -0.2) is 0 Å². The third kappa shape index (κ3) is 0.897. The third-order valence-electron chi connectivity index (χ3n) is 1.66. The second-order valence-corrected chi connectivity index (χ2v) is 3.31. The molecule has 1 nitrogen and oxygen atoms in total. The predicted octanol–water partition coefficient (Wildman–Crippen LogP) is 0.670. The van der Waals surface area contributed by atoms with Gasteiger partial charge >= 0.3 is 0 Å². The normalized spacial score (nSPS) is 24.0. The molecule has 0 saturated carbocycles. The Morgan fingerprint density at radius 1 is 1.67 bits per heavy atom. The predicted molar refractivity (Wildman–Crippen MR) is 43.1 cm³/mol. The number of hydrogen-bond acceptors (Lipinski definition) is 1. The van der Waals surface area contributed by atoms with Gasteiger partial charge in [-0.2, -0.15) is 0 Å². The lowest BCUT2D eigenvalue weighted by atomic mass is 10.1. The molecule has 0 aromatic rings. The summed E-state index contributed by atoms with van der Waals surface area (Å²) in [6, 6.07) is 0. The van der Waals surface area contributed by atoms with Crippen molar-refractivity contribution in [2.75, 3.05) is 13.1 Å². The van der Waals surface area contributed by atoms with Crippen LogP contribution in [-0.4, -0.2) is 18.1 Å². The molecule has 0 aromatic carbocycles. The Morgan fingerprint density at radius 2 is 2.67 bits per heavy atom. The van der Waals surface area contributed by atoms with Crippen molar-refractivity contribution >= 4 is 16.4 Å². The SMILES string of the molecule is C1=CC2=C(CCNC2)[SH]=1. The molecule has 9 heavy (non-hydrogen) atoms. The molecule has 0 amide bonds. The van der Waals surface area contributed by atoms with E-state index in [1.807, 2.05) is 0 Å². The fourth-order valence-electron chi connectivity index (χ4n) is 1.14. The van der Waals surface area contributed by atoms with E-state index in [1.54, 1.807) is 4.91 Å². The van der Waals surface area contributed by atoms with Crippen molar-refractivity contribution < 1.29 is 0 Å². The van der Waals surface area contributed by atoms with Crippen molar-refractivity contribution in [1.82, 2.24) is 5.32 Å². The van der Waals surface area contributed by atoms with E-state index in [0.717, 1.165) is 13.1 Å². The minimum atomic E-state index is 1.06. The molecule has 2 heteroatoms. The zero-order valence-electron chi connectivity index (χ0n) is 5.15. The summed E-state index contributed by atoms with van der Waals surface area (Å²) in [6.45, 7) is 2.22. The summed E-state index contributed by atoms with van der Waals surface area (Å²) in [5.74, 6) is 0. The van der Waals surface area contributed by atoms with Crippen LogP contribution < -0.4 is 5.32 Å². The minimum Gasteiger partial charge on any atom is -0.312 e. The van der Waals surface area contributed by atoms with Crippen LogP contribution in [0.15, 0.2) is 16.6 Å². The summed E-state index contributed by atoms with van der Waals surface area (Å²) in [7, 11) is 0. The van der Waals surface area contributed by atoms with E-state index in [0.29, 0.717) is 0 Å². The van der Waals surface area contributed by atoms with E-state index in [2.05, 4.69) is 16.4 Å². The molecule has 0 saturated heterocycles. The lowest BCUT2D eigenvalue weighted by Gasteiger charge is -2.12. The maximum Gasteiger partial charge on any atom is 0.0219 e. The van der Waals surface area contributed by atoms with Gasteiger partial charge in [0, 0.05) is 6.54 Å². The second-order valence-electron chi connectivity index (χ2n) is 2.28. The summed E-state index contributed by atoms with van der Waals surface area (Å²) in [4.78, 5) is 1.58. The number of rotatable bonds is 0. The first-order valence-electron chi connectivity index (χ1n) is 3.19. The maximum absolute atomic E-state index is 3.32. The van der Waals surface area contributed by atoms with Crippen molar-refractivity contribution in [2.24, 2.45) is 0 Å². The van der Waals surface area contributed by atoms with Gasteiger partial charge in [-0.15, -0.1) is 11.4 Å². The van der Waals surface area contributed by atoms with Crippen LogP contribution in [0.1, 0.15) is 6.42 Å². The van der Waals surface area contributed by atoms with Gasteiger partial charge in [-0.05, 0) is 29.5 Å². The fraction of sp³-hybridized carbons (Fsp3) is 0.429. The summed E-state index contributed by atoms with van der Waals surface area (Å²) in [5.41, 5.74) is 1.47. The van der Waals surface area contributed by atoms with Crippen LogP contribution in [0, 0.1) is 0 Å². The lowest BCUT2D eigenvalue weighted by molar-refractivity contribution is 0.707. The molecule has 48 valence electrons. The molecule has 1 N–H and O–H groups in total. The van der Waals surface area contributed by atoms with Crippen LogP contribution in [0.2, 0.25) is 0 Å². The van der Waals surface area contributed by atoms with Gasteiger partial charge in [0.1, 0.15) is 0 Å².